The molecule has 0 radical (unpaired) electrons. The molecule has 0 amide bonds. The molecule has 3 nitrogen and oxygen atoms in total. The van der Waals surface area contributed by atoms with Crippen molar-refractivity contribution >= 4 is 0 Å². The fraction of sp³-hybridized carbons (Fsp3) is 0.533. The first-order chi connectivity index (χ1) is 8.67. The molecule has 0 bridgehead atoms. The highest BCUT2D eigenvalue weighted by molar-refractivity contribution is 5.27. The summed E-state index contributed by atoms with van der Waals surface area (Å²) < 4.78 is 5.94. The van der Waals surface area contributed by atoms with E-state index in [4.69, 9.17) is 4.74 Å². The van der Waals surface area contributed by atoms with Crippen LogP contribution in [0.5, 0.6) is 5.75 Å². The molecule has 1 aromatic rings. The lowest BCUT2D eigenvalue weighted by Gasteiger charge is -2.22. The molecule has 3 heteroatoms. The van der Waals surface area contributed by atoms with Crippen LogP contribution in [0, 0.1) is 18.3 Å². The molecule has 2 atom stereocenters. The van der Waals surface area contributed by atoms with Crippen molar-refractivity contribution in [2.45, 2.75) is 44.8 Å². The minimum absolute atomic E-state index is 0.145. The third-order valence-corrected chi connectivity index (χ3v) is 3.52. The van der Waals surface area contributed by atoms with E-state index in [0.717, 1.165) is 31.6 Å². The third kappa shape index (κ3) is 2.83. The van der Waals surface area contributed by atoms with Gasteiger partial charge in [0, 0.05) is 6.42 Å². The summed E-state index contributed by atoms with van der Waals surface area (Å²) in [6.07, 6.45) is 2.72. The van der Waals surface area contributed by atoms with E-state index in [-0.39, 0.29) is 11.6 Å². The summed E-state index contributed by atoms with van der Waals surface area (Å²) in [5, 5.41) is 12.6. The van der Waals surface area contributed by atoms with Gasteiger partial charge in [0.25, 0.3) is 0 Å². The van der Waals surface area contributed by atoms with Crippen molar-refractivity contribution < 1.29 is 4.74 Å². The number of benzene rings is 1. The molecule has 1 aliphatic carbocycles. The zero-order valence-electron chi connectivity index (χ0n) is 11.1. The molecule has 1 N–H and O–H groups in total. The predicted molar refractivity (Wildman–Crippen MR) is 71.5 cm³/mol. The summed E-state index contributed by atoms with van der Waals surface area (Å²) in [5.41, 5.74) is 0.845. The molecule has 0 heterocycles. The minimum Gasteiger partial charge on any atom is -0.490 e. The average molecular weight is 244 g/mol. The van der Waals surface area contributed by atoms with Gasteiger partial charge in [-0.25, -0.2) is 0 Å². The Labute approximate surface area is 109 Å². The quantitative estimate of drug-likeness (QED) is 0.885. The normalized spacial score (nSPS) is 26.8. The molecule has 0 aromatic heterocycles. The Balaban J connectivity index is 1.97. The molecule has 0 spiro atoms. The van der Waals surface area contributed by atoms with E-state index in [9.17, 15) is 5.26 Å². The van der Waals surface area contributed by atoms with Crippen molar-refractivity contribution in [2.75, 3.05) is 6.54 Å². The Bertz CT molecular complexity index is 435. The third-order valence-electron chi connectivity index (χ3n) is 3.52. The maximum Gasteiger partial charge on any atom is 0.119 e. The maximum atomic E-state index is 9.30. The zero-order valence-corrected chi connectivity index (χ0v) is 11.1. The van der Waals surface area contributed by atoms with Crippen LogP contribution in [0.1, 0.15) is 31.7 Å². The Hall–Kier alpha value is -1.53. The van der Waals surface area contributed by atoms with Gasteiger partial charge in [-0.05, 0) is 38.4 Å². The highest BCUT2D eigenvalue weighted by Crippen LogP contribution is 2.32. The van der Waals surface area contributed by atoms with Crippen LogP contribution in [0.3, 0.4) is 0 Å². The standard InChI is InChI=1S/C15H20N2O/c1-3-17-15(11-16)9-8-14(10-15)18-13-6-4-12(2)5-7-13/h4-7,14,17H,3,8-10H2,1-2H3. The van der Waals surface area contributed by atoms with Crippen molar-refractivity contribution in [2.24, 2.45) is 0 Å². The molecule has 2 unspecified atom stereocenters. The summed E-state index contributed by atoms with van der Waals surface area (Å²) in [4.78, 5) is 0. The zero-order chi connectivity index (χ0) is 13.0. The summed E-state index contributed by atoms with van der Waals surface area (Å²) in [6.45, 7) is 4.92. The fourth-order valence-electron chi connectivity index (χ4n) is 2.55. The minimum atomic E-state index is -0.385. The Kier molecular flexibility index (Phi) is 3.88. The second-order valence-electron chi connectivity index (χ2n) is 5.02. The number of rotatable bonds is 4. The van der Waals surface area contributed by atoms with Gasteiger partial charge in [0.05, 0.1) is 6.07 Å². The van der Waals surface area contributed by atoms with Crippen LogP contribution >= 0.6 is 0 Å². The summed E-state index contributed by atoms with van der Waals surface area (Å²) in [6, 6.07) is 10.5. The smallest absolute Gasteiger partial charge is 0.119 e. The van der Waals surface area contributed by atoms with Crippen LogP contribution in [0.2, 0.25) is 0 Å². The number of aryl methyl sites for hydroxylation is 1. The van der Waals surface area contributed by atoms with E-state index < -0.39 is 0 Å². The second-order valence-corrected chi connectivity index (χ2v) is 5.02. The van der Waals surface area contributed by atoms with Crippen LogP contribution in [-0.4, -0.2) is 18.2 Å². The average Bonchev–Trinajstić information content (AvgIpc) is 2.77. The van der Waals surface area contributed by atoms with E-state index in [1.165, 1.54) is 5.56 Å². The lowest BCUT2D eigenvalue weighted by atomic mass is 10.00. The molecular formula is C15H20N2O. The lowest BCUT2D eigenvalue weighted by molar-refractivity contribution is 0.201. The number of nitrogens with one attached hydrogen (secondary N) is 1. The van der Waals surface area contributed by atoms with Gasteiger partial charge in [0.1, 0.15) is 17.4 Å². The Morgan fingerprint density at radius 1 is 1.44 bits per heavy atom. The molecule has 1 fully saturated rings. The van der Waals surface area contributed by atoms with Gasteiger partial charge in [-0.2, -0.15) is 5.26 Å². The highest BCUT2D eigenvalue weighted by Gasteiger charge is 2.39. The van der Waals surface area contributed by atoms with Crippen molar-refractivity contribution in [1.82, 2.24) is 5.32 Å². The van der Waals surface area contributed by atoms with Gasteiger partial charge in [-0.3, -0.25) is 5.32 Å². The molecule has 18 heavy (non-hydrogen) atoms. The van der Waals surface area contributed by atoms with Crippen LogP contribution < -0.4 is 10.1 Å². The lowest BCUT2D eigenvalue weighted by Crippen LogP contribution is -2.42. The van der Waals surface area contributed by atoms with Gasteiger partial charge in [0.15, 0.2) is 0 Å². The van der Waals surface area contributed by atoms with Gasteiger partial charge < -0.3 is 4.74 Å². The fourth-order valence-corrected chi connectivity index (χ4v) is 2.55. The molecule has 0 saturated heterocycles. The van der Waals surface area contributed by atoms with E-state index in [0.29, 0.717) is 0 Å². The molecule has 96 valence electrons. The SMILES string of the molecule is CCNC1(C#N)CCC(Oc2ccc(C)cc2)C1. The van der Waals surface area contributed by atoms with Crippen molar-refractivity contribution in [3.63, 3.8) is 0 Å². The van der Waals surface area contributed by atoms with E-state index in [1.54, 1.807) is 0 Å². The number of hydrogen-bond acceptors (Lipinski definition) is 3. The number of hydrogen-bond donors (Lipinski definition) is 1. The van der Waals surface area contributed by atoms with Gasteiger partial charge in [0.2, 0.25) is 0 Å². The Morgan fingerprint density at radius 2 is 2.17 bits per heavy atom. The molecule has 1 aromatic carbocycles. The first-order valence-corrected chi connectivity index (χ1v) is 6.57. The molecule has 1 aliphatic rings. The van der Waals surface area contributed by atoms with Gasteiger partial charge >= 0.3 is 0 Å². The highest BCUT2D eigenvalue weighted by atomic mass is 16.5. The largest absolute Gasteiger partial charge is 0.490 e. The van der Waals surface area contributed by atoms with Crippen molar-refractivity contribution in [3.8, 4) is 11.8 Å². The first kappa shape index (κ1) is 12.9. The maximum absolute atomic E-state index is 9.30. The second kappa shape index (κ2) is 5.41. The van der Waals surface area contributed by atoms with Gasteiger partial charge in [-0.1, -0.05) is 24.6 Å². The van der Waals surface area contributed by atoms with Crippen LogP contribution in [-0.2, 0) is 0 Å². The van der Waals surface area contributed by atoms with Gasteiger partial charge in [-0.15, -0.1) is 0 Å². The first-order valence-electron chi connectivity index (χ1n) is 6.57. The predicted octanol–water partition coefficient (Wildman–Crippen LogP) is 2.80. The summed E-state index contributed by atoms with van der Waals surface area (Å²) >= 11 is 0. The molecule has 2 rings (SSSR count). The number of nitrogens with zero attached hydrogens (tertiary/aromatic N) is 1. The van der Waals surface area contributed by atoms with E-state index >= 15 is 0 Å². The van der Waals surface area contributed by atoms with Crippen molar-refractivity contribution in [3.05, 3.63) is 29.8 Å². The van der Waals surface area contributed by atoms with E-state index in [2.05, 4.69) is 18.3 Å². The van der Waals surface area contributed by atoms with Crippen molar-refractivity contribution in [1.29, 1.82) is 5.26 Å². The molecule has 0 aliphatic heterocycles. The monoisotopic (exact) mass is 244 g/mol. The van der Waals surface area contributed by atoms with Crippen LogP contribution in [0.4, 0.5) is 0 Å². The Morgan fingerprint density at radius 3 is 2.78 bits per heavy atom. The molecule has 1 saturated carbocycles. The number of ether oxygens (including phenoxy) is 1. The number of nitriles is 1. The summed E-state index contributed by atoms with van der Waals surface area (Å²) in [7, 11) is 0. The van der Waals surface area contributed by atoms with Crippen LogP contribution in [0.15, 0.2) is 24.3 Å². The van der Waals surface area contributed by atoms with Crippen LogP contribution in [0.25, 0.3) is 0 Å². The van der Waals surface area contributed by atoms with E-state index in [1.807, 2.05) is 31.2 Å². The molecular weight excluding hydrogens is 224 g/mol. The topological polar surface area (TPSA) is 45.0 Å². The summed E-state index contributed by atoms with van der Waals surface area (Å²) in [5.74, 6) is 0.899.